The summed E-state index contributed by atoms with van der Waals surface area (Å²) in [6, 6.07) is 15.6. The van der Waals surface area contributed by atoms with E-state index < -0.39 is 0 Å². The molecule has 0 unspecified atom stereocenters. The molecule has 0 radical (unpaired) electrons. The first-order chi connectivity index (χ1) is 15.1. The van der Waals surface area contributed by atoms with Crippen molar-refractivity contribution >= 4 is 22.8 Å². The lowest BCUT2D eigenvalue weighted by molar-refractivity contribution is -0.134. The minimum absolute atomic E-state index is 0.0997. The number of hydrogen-bond donors (Lipinski definition) is 0. The Morgan fingerprint density at radius 3 is 2.00 bits per heavy atom. The molecule has 0 aromatic heterocycles. The molecule has 0 atom stereocenters. The summed E-state index contributed by atoms with van der Waals surface area (Å²) in [7, 11) is 0. The van der Waals surface area contributed by atoms with Crippen molar-refractivity contribution in [3.63, 3.8) is 0 Å². The fourth-order valence-corrected chi connectivity index (χ4v) is 3.93. The fourth-order valence-electron chi connectivity index (χ4n) is 3.19. The van der Waals surface area contributed by atoms with Gasteiger partial charge in [-0.2, -0.15) is 5.26 Å². The van der Waals surface area contributed by atoms with Gasteiger partial charge in [-0.1, -0.05) is 58.3 Å². The number of rotatable bonds is 13. The van der Waals surface area contributed by atoms with E-state index >= 15 is 0 Å². The number of carbonyl (C=O) groups excluding carboxylic acids is 2. The lowest BCUT2D eigenvalue weighted by atomic mass is 10.1. The number of ether oxygens (including phenoxy) is 1. The van der Waals surface area contributed by atoms with E-state index in [1.165, 1.54) is 44.9 Å². The van der Waals surface area contributed by atoms with Gasteiger partial charge in [0.05, 0.1) is 11.6 Å². The molecule has 4 nitrogen and oxygen atoms in total. The summed E-state index contributed by atoms with van der Waals surface area (Å²) in [6.07, 6.45) is 11.3. The molecule has 0 heterocycles. The van der Waals surface area contributed by atoms with Crippen molar-refractivity contribution in [2.75, 3.05) is 0 Å². The number of unbranched alkanes of at least 4 members (excludes halogenated alkanes) is 8. The Hall–Kier alpha value is -2.58. The normalized spacial score (nSPS) is 10.5. The SMILES string of the molecule is CCCCCCCCCCCC(=O)Oc1ccc(C(=O)Sc2ccc(C#N)cc2)cc1. The van der Waals surface area contributed by atoms with Gasteiger partial charge in [-0.25, -0.2) is 0 Å². The van der Waals surface area contributed by atoms with E-state index in [9.17, 15) is 9.59 Å². The topological polar surface area (TPSA) is 67.2 Å². The number of thioether (sulfide) groups is 1. The van der Waals surface area contributed by atoms with E-state index in [2.05, 4.69) is 13.0 Å². The molecule has 31 heavy (non-hydrogen) atoms. The minimum atomic E-state index is -0.228. The van der Waals surface area contributed by atoms with Gasteiger partial charge in [0.15, 0.2) is 0 Å². The van der Waals surface area contributed by atoms with Crippen LogP contribution in [0.1, 0.15) is 87.1 Å². The van der Waals surface area contributed by atoms with Crippen LogP contribution in [0.2, 0.25) is 0 Å². The summed E-state index contributed by atoms with van der Waals surface area (Å²) >= 11 is 1.10. The number of nitriles is 1. The molecule has 0 aliphatic carbocycles. The third-order valence-corrected chi connectivity index (χ3v) is 5.93. The van der Waals surface area contributed by atoms with Crippen LogP contribution in [0.15, 0.2) is 53.4 Å². The van der Waals surface area contributed by atoms with Crippen LogP contribution in [0, 0.1) is 11.3 Å². The van der Waals surface area contributed by atoms with Gasteiger partial charge in [0.25, 0.3) is 0 Å². The average molecular weight is 438 g/mol. The highest BCUT2D eigenvalue weighted by Gasteiger charge is 2.10. The van der Waals surface area contributed by atoms with Crippen molar-refractivity contribution in [1.29, 1.82) is 5.26 Å². The monoisotopic (exact) mass is 437 g/mol. The van der Waals surface area contributed by atoms with Gasteiger partial charge < -0.3 is 4.74 Å². The maximum Gasteiger partial charge on any atom is 0.311 e. The Morgan fingerprint density at radius 1 is 0.839 bits per heavy atom. The van der Waals surface area contributed by atoms with Gasteiger partial charge >= 0.3 is 5.97 Å². The molecule has 164 valence electrons. The van der Waals surface area contributed by atoms with Crippen molar-refractivity contribution in [3.8, 4) is 11.8 Å². The number of hydrogen-bond acceptors (Lipinski definition) is 5. The van der Waals surface area contributed by atoms with Crippen molar-refractivity contribution in [3.05, 3.63) is 59.7 Å². The van der Waals surface area contributed by atoms with Crippen LogP contribution in [0.3, 0.4) is 0 Å². The van der Waals surface area contributed by atoms with E-state index in [0.717, 1.165) is 29.5 Å². The van der Waals surface area contributed by atoms with Crippen molar-refractivity contribution < 1.29 is 14.3 Å². The maximum atomic E-state index is 12.4. The standard InChI is InChI=1S/C26H31NO3S/c1-2-3-4-5-6-7-8-9-10-11-25(28)30-23-16-14-22(15-17-23)26(29)31-24-18-12-21(20-27)13-19-24/h12-19H,2-11H2,1H3. The minimum Gasteiger partial charge on any atom is -0.427 e. The highest BCUT2D eigenvalue weighted by Crippen LogP contribution is 2.24. The summed E-state index contributed by atoms with van der Waals surface area (Å²) in [4.78, 5) is 25.2. The molecular weight excluding hydrogens is 406 g/mol. The zero-order valence-electron chi connectivity index (χ0n) is 18.3. The summed E-state index contributed by atoms with van der Waals surface area (Å²) in [6.45, 7) is 2.23. The predicted molar refractivity (Wildman–Crippen MR) is 125 cm³/mol. The first-order valence-electron chi connectivity index (χ1n) is 11.2. The molecule has 0 aliphatic heterocycles. The molecule has 0 saturated carbocycles. The van der Waals surface area contributed by atoms with Crippen LogP contribution in [-0.2, 0) is 4.79 Å². The van der Waals surface area contributed by atoms with Crippen LogP contribution >= 0.6 is 11.8 Å². The van der Waals surface area contributed by atoms with Gasteiger partial charge in [0.1, 0.15) is 5.75 Å². The Balaban J connectivity index is 1.66. The molecule has 0 aliphatic rings. The summed E-state index contributed by atoms with van der Waals surface area (Å²) in [5, 5.41) is 8.73. The largest absolute Gasteiger partial charge is 0.427 e. The van der Waals surface area contributed by atoms with E-state index in [1.807, 2.05) is 0 Å². The molecule has 0 fully saturated rings. The van der Waals surface area contributed by atoms with Gasteiger partial charge in [0.2, 0.25) is 5.12 Å². The zero-order valence-corrected chi connectivity index (χ0v) is 19.1. The highest BCUT2D eigenvalue weighted by molar-refractivity contribution is 8.14. The number of esters is 1. The van der Waals surface area contributed by atoms with E-state index in [4.69, 9.17) is 10.00 Å². The van der Waals surface area contributed by atoms with Gasteiger partial charge in [-0.05, 0) is 66.7 Å². The molecule has 0 saturated heterocycles. The summed E-state index contributed by atoms with van der Waals surface area (Å²) in [5.74, 6) is 0.231. The molecule has 5 heteroatoms. The fraction of sp³-hybridized carbons (Fsp3) is 0.423. The summed E-state index contributed by atoms with van der Waals surface area (Å²) < 4.78 is 5.38. The molecular formula is C26H31NO3S. The zero-order chi connectivity index (χ0) is 22.3. The lowest BCUT2D eigenvalue weighted by Gasteiger charge is -2.06. The first-order valence-corrected chi connectivity index (χ1v) is 12.0. The second kappa shape index (κ2) is 14.4. The van der Waals surface area contributed by atoms with E-state index in [-0.39, 0.29) is 11.1 Å². The maximum absolute atomic E-state index is 12.4. The number of nitrogens with zero attached hydrogens (tertiary/aromatic N) is 1. The lowest BCUT2D eigenvalue weighted by Crippen LogP contribution is -2.07. The average Bonchev–Trinajstić information content (AvgIpc) is 2.79. The first kappa shape index (κ1) is 24.7. The van der Waals surface area contributed by atoms with Crippen LogP contribution in [0.25, 0.3) is 0 Å². The van der Waals surface area contributed by atoms with Crippen molar-refractivity contribution in [2.45, 2.75) is 76.0 Å². The number of carbonyl (C=O) groups is 2. The smallest absolute Gasteiger partial charge is 0.311 e. The van der Waals surface area contributed by atoms with Crippen molar-refractivity contribution in [1.82, 2.24) is 0 Å². The molecule has 0 amide bonds. The second-order valence-corrected chi connectivity index (χ2v) is 8.65. The van der Waals surface area contributed by atoms with Gasteiger partial charge in [-0.15, -0.1) is 0 Å². The Morgan fingerprint density at radius 2 is 1.42 bits per heavy atom. The third kappa shape index (κ3) is 9.85. The molecule has 2 rings (SSSR count). The second-order valence-electron chi connectivity index (χ2n) is 7.60. The predicted octanol–water partition coefficient (Wildman–Crippen LogP) is 7.32. The Labute approximate surface area is 190 Å². The third-order valence-electron chi connectivity index (χ3n) is 5.00. The summed E-state index contributed by atoms with van der Waals surface area (Å²) in [5.41, 5.74) is 1.10. The van der Waals surface area contributed by atoms with Gasteiger partial charge in [0, 0.05) is 16.9 Å². The Bertz CT molecular complexity index is 854. The molecule has 0 spiro atoms. The molecule has 2 aromatic carbocycles. The highest BCUT2D eigenvalue weighted by atomic mass is 32.2. The van der Waals surface area contributed by atoms with E-state index in [1.54, 1.807) is 48.5 Å². The molecule has 0 N–H and O–H groups in total. The van der Waals surface area contributed by atoms with Crippen LogP contribution in [0.5, 0.6) is 5.75 Å². The van der Waals surface area contributed by atoms with Crippen LogP contribution < -0.4 is 4.74 Å². The van der Waals surface area contributed by atoms with Crippen LogP contribution in [0.4, 0.5) is 0 Å². The molecule has 2 aromatic rings. The quantitative estimate of drug-likeness (QED) is 0.142. The van der Waals surface area contributed by atoms with Crippen molar-refractivity contribution in [2.24, 2.45) is 0 Å². The van der Waals surface area contributed by atoms with Crippen LogP contribution in [-0.4, -0.2) is 11.1 Å². The van der Waals surface area contributed by atoms with Gasteiger partial charge in [-0.3, -0.25) is 9.59 Å². The molecule has 0 bridgehead atoms. The Kier molecular flexibility index (Phi) is 11.5. The van der Waals surface area contributed by atoms with E-state index in [0.29, 0.717) is 23.3 Å². The number of benzene rings is 2.